The van der Waals surface area contributed by atoms with Gasteiger partial charge < -0.3 is 9.52 Å². The summed E-state index contributed by atoms with van der Waals surface area (Å²) in [5, 5.41) is 14.9. The van der Waals surface area contributed by atoms with Gasteiger partial charge in [0, 0.05) is 34.6 Å². The van der Waals surface area contributed by atoms with Crippen molar-refractivity contribution in [2.75, 3.05) is 0 Å². The first-order valence-electron chi connectivity index (χ1n) is 9.98. The first kappa shape index (κ1) is 18.1. The second kappa shape index (κ2) is 7.81. The highest BCUT2D eigenvalue weighted by atomic mass is 16.3. The number of rotatable bonds is 3. The summed E-state index contributed by atoms with van der Waals surface area (Å²) in [6, 6.07) is 26.5. The van der Waals surface area contributed by atoms with E-state index in [2.05, 4.69) is 42.2 Å². The van der Waals surface area contributed by atoms with E-state index in [1.165, 1.54) is 5.56 Å². The molecule has 1 heterocycles. The number of fused-ring (bicyclic) bond motifs is 2. The van der Waals surface area contributed by atoms with E-state index < -0.39 is 0 Å². The molecule has 5 rings (SSSR count). The summed E-state index contributed by atoms with van der Waals surface area (Å²) in [4.78, 5) is 0. The molecule has 0 amide bonds. The van der Waals surface area contributed by atoms with Gasteiger partial charge >= 0.3 is 0 Å². The van der Waals surface area contributed by atoms with Crippen LogP contribution < -0.4 is 0 Å². The quantitative estimate of drug-likeness (QED) is 0.359. The number of phenols is 1. The second-order valence-electron chi connectivity index (χ2n) is 7.49. The monoisotopic (exact) mass is 388 g/mol. The van der Waals surface area contributed by atoms with Gasteiger partial charge in [0.05, 0.1) is 12.5 Å². The van der Waals surface area contributed by atoms with Gasteiger partial charge in [0.15, 0.2) is 0 Å². The third kappa shape index (κ3) is 3.66. The molecule has 0 unspecified atom stereocenters. The van der Waals surface area contributed by atoms with Crippen molar-refractivity contribution in [1.29, 1.82) is 0 Å². The van der Waals surface area contributed by atoms with E-state index in [4.69, 9.17) is 4.42 Å². The minimum atomic E-state index is 0.325. The molecule has 0 aliphatic heterocycles. The molecular formula is C28H20O2. The molecule has 0 saturated heterocycles. The average molecular weight is 388 g/mol. The van der Waals surface area contributed by atoms with E-state index in [-0.39, 0.29) is 0 Å². The molecule has 1 aromatic heterocycles. The molecule has 0 radical (unpaired) electrons. The van der Waals surface area contributed by atoms with Crippen LogP contribution in [0.15, 0.2) is 95.8 Å². The van der Waals surface area contributed by atoms with Crippen LogP contribution in [0.4, 0.5) is 0 Å². The van der Waals surface area contributed by atoms with Gasteiger partial charge in [-0.25, -0.2) is 0 Å². The van der Waals surface area contributed by atoms with Gasteiger partial charge in [-0.05, 0) is 40.3 Å². The molecule has 0 saturated carbocycles. The van der Waals surface area contributed by atoms with Crippen LogP contribution in [0.1, 0.15) is 22.3 Å². The second-order valence-corrected chi connectivity index (χ2v) is 7.49. The van der Waals surface area contributed by atoms with Crippen LogP contribution in [0, 0.1) is 11.8 Å². The van der Waals surface area contributed by atoms with Gasteiger partial charge in [-0.1, -0.05) is 72.5 Å². The van der Waals surface area contributed by atoms with Crippen molar-refractivity contribution in [1.82, 2.24) is 0 Å². The number of benzene rings is 4. The zero-order chi connectivity index (χ0) is 20.3. The Hall–Kier alpha value is -3.96. The predicted octanol–water partition coefficient (Wildman–Crippen LogP) is 6.48. The average Bonchev–Trinajstić information content (AvgIpc) is 3.25. The summed E-state index contributed by atoms with van der Waals surface area (Å²) in [5.41, 5.74) is 4.15. The number of hydrogen-bond acceptors (Lipinski definition) is 2. The maximum atomic E-state index is 10.9. The lowest BCUT2D eigenvalue weighted by molar-refractivity contribution is 0.476. The van der Waals surface area contributed by atoms with Crippen LogP contribution in [0.2, 0.25) is 0 Å². The zero-order valence-electron chi connectivity index (χ0n) is 16.4. The molecule has 0 atom stereocenters. The van der Waals surface area contributed by atoms with Crippen molar-refractivity contribution in [2.24, 2.45) is 0 Å². The number of phenolic OH excluding ortho intramolecular Hbond substituents is 1. The maximum Gasteiger partial charge on any atom is 0.126 e. The van der Waals surface area contributed by atoms with E-state index in [0.29, 0.717) is 18.6 Å². The summed E-state index contributed by atoms with van der Waals surface area (Å²) in [6.45, 7) is 0. The third-order valence-corrected chi connectivity index (χ3v) is 5.38. The third-order valence-electron chi connectivity index (χ3n) is 5.38. The van der Waals surface area contributed by atoms with E-state index in [1.54, 1.807) is 12.5 Å². The first-order valence-corrected chi connectivity index (χ1v) is 9.98. The highest BCUT2D eigenvalue weighted by molar-refractivity contribution is 5.90. The van der Waals surface area contributed by atoms with E-state index >= 15 is 0 Å². The van der Waals surface area contributed by atoms with Crippen molar-refractivity contribution >= 4 is 21.5 Å². The van der Waals surface area contributed by atoms with Gasteiger partial charge in [-0.3, -0.25) is 0 Å². The molecule has 144 valence electrons. The molecule has 1 N–H and O–H groups in total. The minimum Gasteiger partial charge on any atom is -0.507 e. The normalized spacial score (nSPS) is 10.8. The van der Waals surface area contributed by atoms with Gasteiger partial charge in [0.2, 0.25) is 0 Å². The fraction of sp³-hybridized carbons (Fsp3) is 0.0714. The molecule has 2 nitrogen and oxygen atoms in total. The summed E-state index contributed by atoms with van der Waals surface area (Å²) in [7, 11) is 0. The molecule has 0 aliphatic carbocycles. The van der Waals surface area contributed by atoms with Crippen LogP contribution >= 0.6 is 0 Å². The topological polar surface area (TPSA) is 33.4 Å². The molecule has 5 aromatic rings. The Morgan fingerprint density at radius 2 is 1.53 bits per heavy atom. The van der Waals surface area contributed by atoms with Crippen LogP contribution in [0.5, 0.6) is 5.75 Å². The molecule has 0 fully saturated rings. The lowest BCUT2D eigenvalue weighted by atomic mass is 9.97. The number of furan rings is 1. The Bertz CT molecular complexity index is 1400. The standard InChI is InChI=1S/C28H20O2/c29-28-24(15-22-10-12-25-18-30-19-26(25)16-22)14-13-23-11-9-21(17-27(23)28)8-4-7-20-5-2-1-3-6-20/h1-3,5-6,9-14,16-19,29H,7,15H2. The van der Waals surface area contributed by atoms with Crippen molar-refractivity contribution in [3.8, 4) is 17.6 Å². The first-order chi connectivity index (χ1) is 14.8. The Kier molecular flexibility index (Phi) is 4.71. The van der Waals surface area contributed by atoms with Crippen molar-refractivity contribution < 1.29 is 9.52 Å². The fourth-order valence-corrected chi connectivity index (χ4v) is 3.76. The summed E-state index contributed by atoms with van der Waals surface area (Å²) < 4.78 is 5.26. The van der Waals surface area contributed by atoms with Crippen molar-refractivity contribution in [3.63, 3.8) is 0 Å². The molecule has 2 heteroatoms. The SMILES string of the molecule is Oc1c(Cc2ccc3cocc3c2)ccc2ccc(C#CCc3ccccc3)cc12. The molecule has 0 aliphatic rings. The summed E-state index contributed by atoms with van der Waals surface area (Å²) in [5.74, 6) is 6.78. The van der Waals surface area contributed by atoms with Crippen LogP contribution in [0.25, 0.3) is 21.5 Å². The van der Waals surface area contributed by atoms with Crippen molar-refractivity contribution in [2.45, 2.75) is 12.8 Å². The van der Waals surface area contributed by atoms with E-state index in [1.807, 2.05) is 48.5 Å². The Balaban J connectivity index is 1.44. The highest BCUT2D eigenvalue weighted by Crippen LogP contribution is 2.31. The minimum absolute atomic E-state index is 0.325. The molecular weight excluding hydrogens is 368 g/mol. The largest absolute Gasteiger partial charge is 0.507 e. The zero-order valence-corrected chi connectivity index (χ0v) is 16.4. The lowest BCUT2D eigenvalue weighted by Gasteiger charge is -2.09. The fourth-order valence-electron chi connectivity index (χ4n) is 3.76. The van der Waals surface area contributed by atoms with Crippen LogP contribution in [0.3, 0.4) is 0 Å². The maximum absolute atomic E-state index is 10.9. The van der Waals surface area contributed by atoms with Crippen LogP contribution in [-0.2, 0) is 12.8 Å². The molecule has 0 bridgehead atoms. The van der Waals surface area contributed by atoms with Crippen molar-refractivity contribution in [3.05, 3.63) is 114 Å². The summed E-state index contributed by atoms with van der Waals surface area (Å²) in [6.07, 6.45) is 4.86. The summed E-state index contributed by atoms with van der Waals surface area (Å²) >= 11 is 0. The Labute approximate surface area is 175 Å². The van der Waals surface area contributed by atoms with Gasteiger partial charge in [-0.2, -0.15) is 0 Å². The van der Waals surface area contributed by atoms with Gasteiger partial charge in [0.1, 0.15) is 5.75 Å². The predicted molar refractivity (Wildman–Crippen MR) is 122 cm³/mol. The lowest BCUT2D eigenvalue weighted by Crippen LogP contribution is -1.90. The number of hydrogen-bond donors (Lipinski definition) is 1. The number of aromatic hydroxyl groups is 1. The van der Waals surface area contributed by atoms with Crippen LogP contribution in [-0.4, -0.2) is 5.11 Å². The Morgan fingerprint density at radius 1 is 0.733 bits per heavy atom. The highest BCUT2D eigenvalue weighted by Gasteiger charge is 2.09. The molecule has 0 spiro atoms. The van der Waals surface area contributed by atoms with Gasteiger partial charge in [0.25, 0.3) is 0 Å². The molecule has 4 aromatic carbocycles. The Morgan fingerprint density at radius 3 is 2.43 bits per heavy atom. The van der Waals surface area contributed by atoms with Gasteiger partial charge in [-0.15, -0.1) is 0 Å². The smallest absolute Gasteiger partial charge is 0.126 e. The van der Waals surface area contributed by atoms with E-state index in [9.17, 15) is 5.11 Å². The van der Waals surface area contributed by atoms with E-state index in [0.717, 1.165) is 38.2 Å². The molecule has 30 heavy (non-hydrogen) atoms.